The van der Waals surface area contributed by atoms with Crippen LogP contribution in [0.2, 0.25) is 0 Å². The highest BCUT2D eigenvalue weighted by molar-refractivity contribution is 7.22. The molecule has 0 N–H and O–H groups in total. The summed E-state index contributed by atoms with van der Waals surface area (Å²) in [4.78, 5) is 23.0. The first-order chi connectivity index (χ1) is 16.7. The van der Waals surface area contributed by atoms with E-state index in [1.165, 1.54) is 23.5 Å². The van der Waals surface area contributed by atoms with Gasteiger partial charge in [-0.05, 0) is 29.3 Å². The van der Waals surface area contributed by atoms with Crippen molar-refractivity contribution in [1.29, 1.82) is 0 Å². The van der Waals surface area contributed by atoms with Gasteiger partial charge in [0.25, 0.3) is 0 Å². The molecule has 1 saturated heterocycles. The van der Waals surface area contributed by atoms with Crippen molar-refractivity contribution in [2.24, 2.45) is 0 Å². The highest BCUT2D eigenvalue weighted by Crippen LogP contribution is 2.33. The molecule has 174 valence electrons. The number of fused-ring (bicyclic) bond motifs is 1. The summed E-state index contributed by atoms with van der Waals surface area (Å²) in [7, 11) is 0. The number of carbonyl (C=O) groups excluding carboxylic acids is 1. The van der Waals surface area contributed by atoms with Crippen molar-refractivity contribution in [3.63, 3.8) is 0 Å². The molecule has 1 aliphatic heterocycles. The van der Waals surface area contributed by atoms with Gasteiger partial charge in [0.2, 0.25) is 5.91 Å². The maximum absolute atomic E-state index is 14.2. The van der Waals surface area contributed by atoms with E-state index in [9.17, 15) is 9.18 Å². The summed E-state index contributed by atoms with van der Waals surface area (Å²) >= 11 is 1.35. The topological polar surface area (TPSA) is 45.7 Å². The number of hydrogen-bond donors (Lipinski definition) is 0. The molecule has 0 atom stereocenters. The van der Waals surface area contributed by atoms with Crippen molar-refractivity contribution in [1.82, 2.24) is 9.88 Å². The molecule has 5 nitrogen and oxygen atoms in total. The molecule has 0 unspecified atom stereocenters. The summed E-state index contributed by atoms with van der Waals surface area (Å²) in [5.41, 5.74) is 2.56. The van der Waals surface area contributed by atoms with Gasteiger partial charge in [0, 0.05) is 26.2 Å². The maximum atomic E-state index is 14.2. The van der Waals surface area contributed by atoms with Gasteiger partial charge in [-0.25, -0.2) is 9.37 Å². The molecule has 0 spiro atoms. The average Bonchev–Trinajstić information content (AvgIpc) is 3.29. The largest absolute Gasteiger partial charge is 0.379 e. The van der Waals surface area contributed by atoms with Crippen LogP contribution in [0.4, 0.5) is 9.52 Å². The first-order valence-electron chi connectivity index (χ1n) is 11.5. The Morgan fingerprint density at radius 1 is 1.00 bits per heavy atom. The zero-order valence-electron chi connectivity index (χ0n) is 18.8. The smallest absolute Gasteiger partial charge is 0.240 e. The Morgan fingerprint density at radius 3 is 2.29 bits per heavy atom. The van der Waals surface area contributed by atoms with Crippen LogP contribution in [-0.4, -0.2) is 55.2 Å². The van der Waals surface area contributed by atoms with E-state index in [1.807, 2.05) is 60.7 Å². The van der Waals surface area contributed by atoms with Crippen molar-refractivity contribution in [2.75, 3.05) is 44.3 Å². The van der Waals surface area contributed by atoms with Crippen molar-refractivity contribution in [3.8, 4) is 0 Å². The lowest BCUT2D eigenvalue weighted by Gasteiger charge is -2.31. The normalized spacial score (nSPS) is 14.5. The van der Waals surface area contributed by atoms with Crippen LogP contribution in [0.5, 0.6) is 0 Å². The number of morpholine rings is 1. The minimum Gasteiger partial charge on any atom is -0.379 e. The Kier molecular flexibility index (Phi) is 6.94. The fourth-order valence-corrected chi connectivity index (χ4v) is 5.31. The van der Waals surface area contributed by atoms with Gasteiger partial charge < -0.3 is 4.74 Å². The van der Waals surface area contributed by atoms with Gasteiger partial charge in [-0.15, -0.1) is 0 Å². The van der Waals surface area contributed by atoms with Crippen LogP contribution in [0.25, 0.3) is 10.2 Å². The third-order valence-electron chi connectivity index (χ3n) is 6.09. The SMILES string of the molecule is O=C(C(c1ccccc1)c1ccccc1)N(CCN1CCOCC1)c1nc2ccc(F)cc2s1. The summed E-state index contributed by atoms with van der Waals surface area (Å²) in [6.45, 7) is 4.30. The minimum absolute atomic E-state index is 0.0369. The molecule has 34 heavy (non-hydrogen) atoms. The lowest BCUT2D eigenvalue weighted by Crippen LogP contribution is -2.44. The van der Waals surface area contributed by atoms with Crippen molar-refractivity contribution < 1.29 is 13.9 Å². The number of thiazole rings is 1. The van der Waals surface area contributed by atoms with Gasteiger partial charge in [-0.2, -0.15) is 0 Å². The summed E-state index contributed by atoms with van der Waals surface area (Å²) in [5, 5.41) is 0.593. The molecule has 0 saturated carbocycles. The van der Waals surface area contributed by atoms with E-state index in [0.717, 1.165) is 35.5 Å². The van der Waals surface area contributed by atoms with E-state index in [0.29, 0.717) is 30.4 Å². The second kappa shape index (κ2) is 10.4. The Balaban J connectivity index is 1.53. The Hall–Kier alpha value is -3.13. The number of aromatic nitrogens is 1. The number of carbonyl (C=O) groups is 1. The fourth-order valence-electron chi connectivity index (χ4n) is 4.29. The highest BCUT2D eigenvalue weighted by atomic mass is 32.1. The van der Waals surface area contributed by atoms with E-state index in [-0.39, 0.29) is 11.7 Å². The number of anilines is 1. The number of hydrogen-bond acceptors (Lipinski definition) is 5. The van der Waals surface area contributed by atoms with Crippen LogP contribution < -0.4 is 4.90 Å². The summed E-state index contributed by atoms with van der Waals surface area (Å²) in [6.07, 6.45) is 0. The Morgan fingerprint density at radius 2 is 1.65 bits per heavy atom. The molecule has 1 aliphatic rings. The lowest BCUT2D eigenvalue weighted by molar-refractivity contribution is -0.119. The van der Waals surface area contributed by atoms with E-state index in [4.69, 9.17) is 9.72 Å². The van der Waals surface area contributed by atoms with Crippen LogP contribution >= 0.6 is 11.3 Å². The van der Waals surface area contributed by atoms with Crippen LogP contribution in [0.1, 0.15) is 17.0 Å². The third kappa shape index (κ3) is 5.01. The standard InChI is InChI=1S/C27H26FN3O2S/c28-22-11-12-23-24(19-22)34-27(29-23)31(14-13-30-15-17-33-18-16-30)26(32)25(20-7-3-1-4-8-20)21-9-5-2-6-10-21/h1-12,19,25H,13-18H2. The van der Waals surface area contributed by atoms with Crippen molar-refractivity contribution in [3.05, 3.63) is 95.8 Å². The molecule has 1 fully saturated rings. The zero-order chi connectivity index (χ0) is 23.3. The number of amides is 1. The second-order valence-electron chi connectivity index (χ2n) is 8.31. The number of rotatable bonds is 7. The number of nitrogens with zero attached hydrogens (tertiary/aromatic N) is 3. The van der Waals surface area contributed by atoms with Gasteiger partial charge in [-0.1, -0.05) is 72.0 Å². The van der Waals surface area contributed by atoms with Crippen LogP contribution in [0.15, 0.2) is 78.9 Å². The van der Waals surface area contributed by atoms with Gasteiger partial charge in [0.15, 0.2) is 5.13 Å². The molecular formula is C27H26FN3O2S. The van der Waals surface area contributed by atoms with E-state index < -0.39 is 5.92 Å². The fraction of sp³-hybridized carbons (Fsp3) is 0.259. The zero-order valence-corrected chi connectivity index (χ0v) is 19.6. The predicted octanol–water partition coefficient (Wildman–Crippen LogP) is 4.93. The Bertz CT molecular complexity index is 1200. The molecule has 7 heteroatoms. The third-order valence-corrected chi connectivity index (χ3v) is 7.13. The first-order valence-corrected chi connectivity index (χ1v) is 12.3. The van der Waals surface area contributed by atoms with Gasteiger partial charge >= 0.3 is 0 Å². The van der Waals surface area contributed by atoms with E-state index in [2.05, 4.69) is 4.90 Å². The molecule has 3 aromatic carbocycles. The van der Waals surface area contributed by atoms with Crippen LogP contribution in [0.3, 0.4) is 0 Å². The molecule has 5 rings (SSSR count). The molecule has 2 heterocycles. The predicted molar refractivity (Wildman–Crippen MR) is 134 cm³/mol. The molecule has 0 radical (unpaired) electrons. The molecule has 4 aromatic rings. The van der Waals surface area contributed by atoms with E-state index >= 15 is 0 Å². The lowest BCUT2D eigenvalue weighted by atomic mass is 9.90. The number of halogens is 1. The number of ether oxygens (including phenoxy) is 1. The summed E-state index contributed by atoms with van der Waals surface area (Å²) < 4.78 is 20.1. The van der Waals surface area contributed by atoms with E-state index in [1.54, 1.807) is 11.0 Å². The monoisotopic (exact) mass is 475 g/mol. The summed E-state index contributed by atoms with van der Waals surface area (Å²) in [6, 6.07) is 24.2. The maximum Gasteiger partial charge on any atom is 0.240 e. The molecule has 1 aromatic heterocycles. The average molecular weight is 476 g/mol. The molecular weight excluding hydrogens is 449 g/mol. The molecule has 0 bridgehead atoms. The molecule has 1 amide bonds. The summed E-state index contributed by atoms with van der Waals surface area (Å²) in [5.74, 6) is -0.804. The second-order valence-corrected chi connectivity index (χ2v) is 9.32. The first kappa shape index (κ1) is 22.7. The van der Waals surface area contributed by atoms with Gasteiger partial charge in [-0.3, -0.25) is 14.6 Å². The van der Waals surface area contributed by atoms with Crippen molar-refractivity contribution in [2.45, 2.75) is 5.92 Å². The van der Waals surface area contributed by atoms with Crippen LogP contribution in [-0.2, 0) is 9.53 Å². The van der Waals surface area contributed by atoms with Gasteiger partial charge in [0.05, 0.1) is 29.3 Å². The van der Waals surface area contributed by atoms with Crippen molar-refractivity contribution >= 4 is 32.6 Å². The highest BCUT2D eigenvalue weighted by Gasteiger charge is 2.30. The van der Waals surface area contributed by atoms with Gasteiger partial charge in [0.1, 0.15) is 5.82 Å². The Labute approximate surface area is 202 Å². The minimum atomic E-state index is -0.462. The van der Waals surface area contributed by atoms with Crippen LogP contribution in [0, 0.1) is 5.82 Å². The number of benzene rings is 3. The molecule has 0 aliphatic carbocycles. The quantitative estimate of drug-likeness (QED) is 0.380.